The van der Waals surface area contributed by atoms with Gasteiger partial charge in [-0.3, -0.25) is 0 Å². The van der Waals surface area contributed by atoms with Crippen molar-refractivity contribution in [3.05, 3.63) is 58.3 Å². The Labute approximate surface area is 107 Å². The van der Waals surface area contributed by atoms with E-state index in [9.17, 15) is 0 Å². The molecule has 0 aliphatic heterocycles. The molecule has 90 valence electrons. The lowest BCUT2D eigenvalue weighted by molar-refractivity contribution is 0.581. The molecule has 1 unspecified atom stereocenters. The Balaban J connectivity index is 1.68. The number of nitrogens with two attached hydrogens (primary N) is 1. The number of hydrogen-bond donors (Lipinski definition) is 1. The van der Waals surface area contributed by atoms with Crippen molar-refractivity contribution < 1.29 is 0 Å². The van der Waals surface area contributed by atoms with E-state index in [1.54, 1.807) is 11.3 Å². The zero-order valence-electron chi connectivity index (χ0n) is 10.0. The van der Waals surface area contributed by atoms with Gasteiger partial charge in [0.1, 0.15) is 0 Å². The normalized spacial score (nSPS) is 12.5. The number of rotatable bonds is 6. The van der Waals surface area contributed by atoms with Crippen molar-refractivity contribution in [1.82, 2.24) is 0 Å². The lowest BCUT2D eigenvalue weighted by atomic mass is 10.0. The molecule has 2 aromatic rings. The Morgan fingerprint density at radius 1 is 1.06 bits per heavy atom. The molecule has 0 aliphatic rings. The molecular weight excluding hydrogens is 226 g/mol. The van der Waals surface area contributed by atoms with Gasteiger partial charge in [-0.2, -0.15) is 11.3 Å². The SMILES string of the molecule is NC(CCCc1ccccc1)Cc1ccsc1. The van der Waals surface area contributed by atoms with E-state index in [1.165, 1.54) is 17.5 Å². The van der Waals surface area contributed by atoms with Crippen molar-refractivity contribution >= 4 is 11.3 Å². The van der Waals surface area contributed by atoms with Crippen LogP contribution in [0.2, 0.25) is 0 Å². The van der Waals surface area contributed by atoms with Crippen LogP contribution < -0.4 is 5.73 Å². The molecule has 0 bridgehead atoms. The minimum Gasteiger partial charge on any atom is -0.327 e. The molecule has 0 amide bonds. The van der Waals surface area contributed by atoms with Gasteiger partial charge in [0.2, 0.25) is 0 Å². The summed E-state index contributed by atoms with van der Waals surface area (Å²) < 4.78 is 0. The van der Waals surface area contributed by atoms with Gasteiger partial charge in [-0.15, -0.1) is 0 Å². The van der Waals surface area contributed by atoms with Crippen LogP contribution in [0.25, 0.3) is 0 Å². The third-order valence-electron chi connectivity index (χ3n) is 2.96. The molecule has 0 saturated heterocycles. The Kier molecular flexibility index (Phi) is 4.77. The van der Waals surface area contributed by atoms with Crippen LogP contribution in [-0.4, -0.2) is 6.04 Å². The van der Waals surface area contributed by atoms with Crippen LogP contribution in [-0.2, 0) is 12.8 Å². The molecular formula is C15H19NS. The summed E-state index contributed by atoms with van der Waals surface area (Å²) in [5.41, 5.74) is 8.92. The molecule has 2 rings (SSSR count). The van der Waals surface area contributed by atoms with E-state index in [2.05, 4.69) is 47.2 Å². The Bertz CT molecular complexity index is 408. The quantitative estimate of drug-likeness (QED) is 0.826. The van der Waals surface area contributed by atoms with Gasteiger partial charge in [0.15, 0.2) is 0 Å². The summed E-state index contributed by atoms with van der Waals surface area (Å²) in [4.78, 5) is 0. The van der Waals surface area contributed by atoms with Gasteiger partial charge in [-0.05, 0) is 53.6 Å². The number of aryl methyl sites for hydroxylation is 1. The minimum absolute atomic E-state index is 0.299. The largest absolute Gasteiger partial charge is 0.327 e. The first-order valence-electron chi connectivity index (χ1n) is 6.15. The maximum atomic E-state index is 6.13. The van der Waals surface area contributed by atoms with E-state index >= 15 is 0 Å². The van der Waals surface area contributed by atoms with E-state index < -0.39 is 0 Å². The summed E-state index contributed by atoms with van der Waals surface area (Å²) in [6, 6.07) is 13.1. The summed E-state index contributed by atoms with van der Waals surface area (Å²) in [5, 5.41) is 4.31. The van der Waals surface area contributed by atoms with Crippen molar-refractivity contribution in [1.29, 1.82) is 0 Å². The monoisotopic (exact) mass is 245 g/mol. The van der Waals surface area contributed by atoms with Crippen LogP contribution in [0.3, 0.4) is 0 Å². The van der Waals surface area contributed by atoms with Gasteiger partial charge >= 0.3 is 0 Å². The fraction of sp³-hybridized carbons (Fsp3) is 0.333. The standard InChI is InChI=1S/C15H19NS/c16-15(11-14-9-10-17-12-14)8-4-7-13-5-2-1-3-6-13/h1-3,5-6,9-10,12,15H,4,7-8,11,16H2. The van der Waals surface area contributed by atoms with Gasteiger partial charge in [0, 0.05) is 6.04 Å². The molecule has 1 atom stereocenters. The number of hydrogen-bond acceptors (Lipinski definition) is 2. The third kappa shape index (κ3) is 4.33. The van der Waals surface area contributed by atoms with Crippen molar-refractivity contribution in [2.45, 2.75) is 31.7 Å². The van der Waals surface area contributed by atoms with Crippen LogP contribution in [0.15, 0.2) is 47.2 Å². The first kappa shape index (κ1) is 12.3. The molecule has 2 heteroatoms. The van der Waals surface area contributed by atoms with Crippen molar-refractivity contribution in [2.75, 3.05) is 0 Å². The van der Waals surface area contributed by atoms with Crippen molar-refractivity contribution in [2.24, 2.45) is 5.73 Å². The minimum atomic E-state index is 0.299. The number of thiophene rings is 1. The average molecular weight is 245 g/mol. The van der Waals surface area contributed by atoms with E-state index in [0.29, 0.717) is 6.04 Å². The highest BCUT2D eigenvalue weighted by molar-refractivity contribution is 7.07. The first-order chi connectivity index (χ1) is 8.34. The van der Waals surface area contributed by atoms with Crippen LogP contribution in [0, 0.1) is 0 Å². The highest BCUT2D eigenvalue weighted by Crippen LogP contribution is 2.11. The zero-order chi connectivity index (χ0) is 11.9. The predicted molar refractivity (Wildman–Crippen MR) is 75.4 cm³/mol. The van der Waals surface area contributed by atoms with Gasteiger partial charge in [-0.25, -0.2) is 0 Å². The molecule has 0 saturated carbocycles. The Hall–Kier alpha value is -1.12. The lowest BCUT2D eigenvalue weighted by Gasteiger charge is -2.10. The second-order valence-corrected chi connectivity index (χ2v) is 5.25. The molecule has 17 heavy (non-hydrogen) atoms. The maximum Gasteiger partial charge on any atom is 0.00797 e. The molecule has 0 spiro atoms. The zero-order valence-corrected chi connectivity index (χ0v) is 10.8. The highest BCUT2D eigenvalue weighted by atomic mass is 32.1. The van der Waals surface area contributed by atoms with Crippen LogP contribution in [0.4, 0.5) is 0 Å². The molecule has 1 heterocycles. The second kappa shape index (κ2) is 6.58. The Morgan fingerprint density at radius 2 is 1.88 bits per heavy atom. The summed E-state index contributed by atoms with van der Waals surface area (Å²) in [6.45, 7) is 0. The second-order valence-electron chi connectivity index (χ2n) is 4.47. The highest BCUT2D eigenvalue weighted by Gasteiger charge is 2.04. The van der Waals surface area contributed by atoms with Crippen molar-refractivity contribution in [3.8, 4) is 0 Å². The summed E-state index contributed by atoms with van der Waals surface area (Å²) in [7, 11) is 0. The average Bonchev–Trinajstić information content (AvgIpc) is 2.83. The lowest BCUT2D eigenvalue weighted by Crippen LogP contribution is -2.22. The fourth-order valence-corrected chi connectivity index (χ4v) is 2.71. The van der Waals surface area contributed by atoms with Crippen LogP contribution >= 0.6 is 11.3 Å². The van der Waals surface area contributed by atoms with E-state index in [1.807, 2.05) is 0 Å². The predicted octanol–water partition coefficient (Wildman–Crippen LogP) is 3.64. The molecule has 1 nitrogen and oxygen atoms in total. The van der Waals surface area contributed by atoms with E-state index in [-0.39, 0.29) is 0 Å². The molecule has 1 aromatic carbocycles. The van der Waals surface area contributed by atoms with Crippen molar-refractivity contribution in [3.63, 3.8) is 0 Å². The molecule has 0 aliphatic carbocycles. The summed E-state index contributed by atoms with van der Waals surface area (Å²) in [6.07, 6.45) is 4.43. The fourth-order valence-electron chi connectivity index (χ4n) is 2.03. The van der Waals surface area contributed by atoms with Crippen LogP contribution in [0.5, 0.6) is 0 Å². The Morgan fingerprint density at radius 3 is 2.59 bits per heavy atom. The molecule has 2 N–H and O–H groups in total. The van der Waals surface area contributed by atoms with Gasteiger partial charge in [0.05, 0.1) is 0 Å². The molecule has 0 radical (unpaired) electrons. The van der Waals surface area contributed by atoms with Crippen LogP contribution in [0.1, 0.15) is 24.0 Å². The van der Waals surface area contributed by atoms with Gasteiger partial charge in [-0.1, -0.05) is 30.3 Å². The topological polar surface area (TPSA) is 26.0 Å². The smallest absolute Gasteiger partial charge is 0.00797 e. The summed E-state index contributed by atoms with van der Waals surface area (Å²) in [5.74, 6) is 0. The van der Waals surface area contributed by atoms with E-state index in [0.717, 1.165) is 19.3 Å². The maximum absolute atomic E-state index is 6.13. The van der Waals surface area contributed by atoms with E-state index in [4.69, 9.17) is 5.73 Å². The summed E-state index contributed by atoms with van der Waals surface area (Å²) >= 11 is 1.75. The molecule has 0 fully saturated rings. The first-order valence-corrected chi connectivity index (χ1v) is 7.09. The third-order valence-corrected chi connectivity index (χ3v) is 3.69. The number of benzene rings is 1. The molecule has 1 aromatic heterocycles. The van der Waals surface area contributed by atoms with Gasteiger partial charge in [0.25, 0.3) is 0 Å². The van der Waals surface area contributed by atoms with Gasteiger partial charge < -0.3 is 5.73 Å².